The van der Waals surface area contributed by atoms with Crippen molar-refractivity contribution < 1.29 is 23.4 Å². The Morgan fingerprint density at radius 2 is 1.79 bits per heavy atom. The fraction of sp³-hybridized carbons (Fsp3) is 0.463. The summed E-state index contributed by atoms with van der Waals surface area (Å²) in [6.45, 7) is 11.4. The highest BCUT2D eigenvalue weighted by molar-refractivity contribution is 5.97. The molecule has 6 rings (SSSR count). The van der Waals surface area contributed by atoms with Crippen LogP contribution in [0.4, 0.5) is 10.2 Å². The monoisotopic (exact) mass is 725 g/mol. The van der Waals surface area contributed by atoms with Crippen molar-refractivity contribution in [3.8, 4) is 17.2 Å². The molecule has 0 bridgehead atoms. The minimum atomic E-state index is -0.505. The molecule has 2 aliphatic rings. The number of rotatable bonds is 15. The van der Waals surface area contributed by atoms with Gasteiger partial charge in [0.2, 0.25) is 0 Å². The van der Waals surface area contributed by atoms with Gasteiger partial charge in [0.05, 0.1) is 36.7 Å². The highest BCUT2D eigenvalue weighted by Crippen LogP contribution is 2.39. The molecule has 12 heteroatoms. The average Bonchev–Trinajstić information content (AvgIpc) is 3.15. The number of pyridine rings is 1. The number of hydrogen-bond donors (Lipinski definition) is 0. The van der Waals surface area contributed by atoms with E-state index in [-0.39, 0.29) is 35.4 Å². The molecule has 11 nitrogen and oxygen atoms in total. The van der Waals surface area contributed by atoms with Crippen LogP contribution in [-0.4, -0.2) is 108 Å². The summed E-state index contributed by atoms with van der Waals surface area (Å²) >= 11 is 0. The zero-order valence-corrected chi connectivity index (χ0v) is 31.6. The van der Waals surface area contributed by atoms with Crippen LogP contribution in [0.1, 0.15) is 66.8 Å². The van der Waals surface area contributed by atoms with Gasteiger partial charge in [0.1, 0.15) is 29.7 Å². The molecule has 2 aromatic heterocycles. The number of hydrogen-bond acceptors (Lipinski definition) is 10. The molecule has 0 radical (unpaired) electrons. The van der Waals surface area contributed by atoms with Crippen LogP contribution >= 0.6 is 0 Å². The minimum Gasteiger partial charge on any atom is -0.490 e. The van der Waals surface area contributed by atoms with Gasteiger partial charge in [-0.15, -0.1) is 0 Å². The van der Waals surface area contributed by atoms with Crippen LogP contribution in [0.25, 0.3) is 0 Å². The van der Waals surface area contributed by atoms with Gasteiger partial charge >= 0.3 is 0 Å². The highest BCUT2D eigenvalue weighted by atomic mass is 19.1. The Labute approximate surface area is 312 Å². The van der Waals surface area contributed by atoms with Gasteiger partial charge in [-0.2, -0.15) is 0 Å². The van der Waals surface area contributed by atoms with Crippen LogP contribution < -0.4 is 14.4 Å². The lowest BCUT2D eigenvalue weighted by Gasteiger charge is -2.39. The Kier molecular flexibility index (Phi) is 12.9. The number of likely N-dealkylation sites (N-methyl/N-ethyl adjacent to an activating group) is 1. The maximum Gasteiger partial charge on any atom is 0.257 e. The van der Waals surface area contributed by atoms with Crippen molar-refractivity contribution in [3.05, 3.63) is 102 Å². The van der Waals surface area contributed by atoms with Gasteiger partial charge in [-0.1, -0.05) is 30.3 Å². The van der Waals surface area contributed by atoms with Gasteiger partial charge < -0.3 is 28.9 Å². The number of halogens is 1. The lowest BCUT2D eigenvalue weighted by molar-refractivity contribution is 0.0403. The van der Waals surface area contributed by atoms with E-state index < -0.39 is 5.82 Å². The highest BCUT2D eigenvalue weighted by Gasteiger charge is 2.33. The number of amides is 1. The Morgan fingerprint density at radius 3 is 2.53 bits per heavy atom. The molecule has 282 valence electrons. The van der Waals surface area contributed by atoms with Crippen LogP contribution in [0.3, 0.4) is 0 Å². The van der Waals surface area contributed by atoms with E-state index in [2.05, 4.69) is 69.1 Å². The molecule has 1 unspecified atom stereocenters. The Morgan fingerprint density at radius 1 is 1.00 bits per heavy atom. The van der Waals surface area contributed by atoms with E-state index in [1.54, 1.807) is 11.1 Å². The minimum absolute atomic E-state index is 0.0128. The van der Waals surface area contributed by atoms with Crippen molar-refractivity contribution in [1.29, 1.82) is 0 Å². The lowest BCUT2D eigenvalue weighted by atomic mass is 9.95. The number of piperidine rings is 1. The van der Waals surface area contributed by atoms with Crippen LogP contribution in [-0.2, 0) is 17.7 Å². The molecule has 4 aromatic rings. The van der Waals surface area contributed by atoms with E-state index in [9.17, 15) is 9.18 Å². The van der Waals surface area contributed by atoms with Crippen LogP contribution in [0.5, 0.6) is 17.2 Å². The van der Waals surface area contributed by atoms with E-state index >= 15 is 0 Å². The van der Waals surface area contributed by atoms with Gasteiger partial charge in [0, 0.05) is 76.3 Å². The van der Waals surface area contributed by atoms with E-state index in [0.29, 0.717) is 44.4 Å². The van der Waals surface area contributed by atoms with E-state index in [0.717, 1.165) is 55.9 Å². The first-order valence-electron chi connectivity index (χ1n) is 18.7. The van der Waals surface area contributed by atoms with Gasteiger partial charge in [0.15, 0.2) is 11.6 Å². The summed E-state index contributed by atoms with van der Waals surface area (Å²) in [6.07, 6.45) is 7.30. The number of anilines is 1. The van der Waals surface area contributed by atoms with Gasteiger partial charge in [-0.3, -0.25) is 14.7 Å². The van der Waals surface area contributed by atoms with Crippen molar-refractivity contribution in [1.82, 2.24) is 29.7 Å². The number of carbonyl (C=O) groups excluding carboxylic acids is 1. The molecule has 1 atom stereocenters. The van der Waals surface area contributed by atoms with Crippen molar-refractivity contribution in [3.63, 3.8) is 0 Å². The third-order valence-corrected chi connectivity index (χ3v) is 9.94. The van der Waals surface area contributed by atoms with E-state index in [1.165, 1.54) is 30.1 Å². The van der Waals surface area contributed by atoms with Crippen LogP contribution in [0.2, 0.25) is 0 Å². The van der Waals surface area contributed by atoms with Crippen LogP contribution in [0.15, 0.2) is 73.3 Å². The van der Waals surface area contributed by atoms with Gasteiger partial charge in [-0.25, -0.2) is 14.4 Å². The summed E-state index contributed by atoms with van der Waals surface area (Å²) in [5, 5.41) is 0. The van der Waals surface area contributed by atoms with Gasteiger partial charge in [0.25, 0.3) is 5.91 Å². The SMILES string of the molecule is CCN(C(=O)c1cc(F)ccc1Oc1cncnc1N1CCC(Oc2ccnc3c2C(COCCN(C)C)N(Cc2ccccc2)CC3)CC1)C(C)C. The van der Waals surface area contributed by atoms with Crippen molar-refractivity contribution in [2.45, 2.75) is 64.8 Å². The quantitative estimate of drug-likeness (QED) is 0.128. The number of benzene rings is 2. The predicted molar refractivity (Wildman–Crippen MR) is 203 cm³/mol. The van der Waals surface area contributed by atoms with Crippen LogP contribution in [0, 0.1) is 5.82 Å². The zero-order chi connectivity index (χ0) is 37.3. The third kappa shape index (κ3) is 9.48. The topological polar surface area (TPSA) is 96.4 Å². The molecule has 4 heterocycles. The number of carbonyl (C=O) groups is 1. The van der Waals surface area contributed by atoms with Crippen molar-refractivity contribution in [2.75, 3.05) is 64.9 Å². The molecular formula is C41H52FN7O4. The number of nitrogens with zero attached hydrogens (tertiary/aromatic N) is 7. The molecule has 0 spiro atoms. The predicted octanol–water partition coefficient (Wildman–Crippen LogP) is 6.40. The number of fused-ring (bicyclic) bond motifs is 1. The first-order chi connectivity index (χ1) is 25.7. The largest absolute Gasteiger partial charge is 0.490 e. The molecule has 0 N–H and O–H groups in total. The Balaban J connectivity index is 1.17. The first-order valence-corrected chi connectivity index (χ1v) is 18.7. The molecule has 1 fully saturated rings. The second kappa shape index (κ2) is 17.9. The lowest BCUT2D eigenvalue weighted by Crippen LogP contribution is -2.40. The number of ether oxygens (including phenoxy) is 3. The molecule has 2 aromatic carbocycles. The molecule has 1 saturated heterocycles. The second-order valence-electron chi connectivity index (χ2n) is 14.2. The summed E-state index contributed by atoms with van der Waals surface area (Å²) in [4.78, 5) is 35.5. The maximum absolute atomic E-state index is 14.4. The fourth-order valence-corrected chi connectivity index (χ4v) is 7.14. The molecule has 53 heavy (non-hydrogen) atoms. The van der Waals surface area contributed by atoms with E-state index in [4.69, 9.17) is 19.2 Å². The Bertz CT molecular complexity index is 1800. The normalized spacial score (nSPS) is 16.5. The summed E-state index contributed by atoms with van der Waals surface area (Å²) in [7, 11) is 4.11. The smallest absolute Gasteiger partial charge is 0.257 e. The van der Waals surface area contributed by atoms with E-state index in [1.807, 2.05) is 33.0 Å². The summed E-state index contributed by atoms with van der Waals surface area (Å²) in [5.41, 5.74) is 3.62. The fourth-order valence-electron chi connectivity index (χ4n) is 7.14. The summed E-state index contributed by atoms with van der Waals surface area (Å²) in [5.74, 6) is 1.35. The summed E-state index contributed by atoms with van der Waals surface area (Å²) in [6, 6.07) is 16.5. The first kappa shape index (κ1) is 38.1. The molecule has 0 saturated carbocycles. The maximum atomic E-state index is 14.4. The molecule has 1 amide bonds. The number of aromatic nitrogens is 3. The third-order valence-electron chi connectivity index (χ3n) is 9.94. The van der Waals surface area contributed by atoms with Crippen molar-refractivity contribution >= 4 is 11.7 Å². The van der Waals surface area contributed by atoms with Crippen molar-refractivity contribution in [2.24, 2.45) is 0 Å². The Hall–Kier alpha value is -4.65. The molecule has 0 aliphatic carbocycles. The standard InChI is InChI=1S/C41H52FN7O4/c1-6-49(29(2)3)41(50)33-24-31(42)12-13-36(33)53-38-25-43-28-45-40(38)47-19-15-32(16-20-47)52-37-14-18-44-34-17-21-48(26-30-10-8-7-9-11-30)35(39(34)37)27-51-23-22-46(4)5/h7-14,18,24-25,28-29,32,35H,6,15-17,19-23,26-27H2,1-5H3. The zero-order valence-electron chi connectivity index (χ0n) is 31.6. The second-order valence-corrected chi connectivity index (χ2v) is 14.2. The molecule has 2 aliphatic heterocycles. The summed E-state index contributed by atoms with van der Waals surface area (Å²) < 4.78 is 33.9. The molecular weight excluding hydrogens is 673 g/mol. The van der Waals surface area contributed by atoms with Gasteiger partial charge in [-0.05, 0) is 64.7 Å². The average molecular weight is 726 g/mol.